The molecule has 2 nitrogen and oxygen atoms in total. The topological polar surface area (TPSA) is 33.4 Å². The van der Waals surface area contributed by atoms with Crippen LogP contribution >= 0.6 is 15.9 Å². The van der Waals surface area contributed by atoms with Gasteiger partial charge in [0.05, 0.1) is 4.47 Å². The number of furan rings is 1. The average molecular weight is 263 g/mol. The van der Waals surface area contributed by atoms with E-state index in [0.29, 0.717) is 0 Å². The third-order valence-corrected chi connectivity index (χ3v) is 3.08. The van der Waals surface area contributed by atoms with Crippen molar-refractivity contribution in [3.05, 3.63) is 41.1 Å². The fourth-order valence-electron chi connectivity index (χ4n) is 1.73. The lowest BCUT2D eigenvalue weighted by Crippen LogP contribution is -1.73. The molecule has 3 rings (SSSR count). The van der Waals surface area contributed by atoms with Gasteiger partial charge in [0.15, 0.2) is 0 Å². The van der Waals surface area contributed by atoms with E-state index in [9.17, 15) is 5.11 Å². The maximum Gasteiger partial charge on any atom is 0.135 e. The average Bonchev–Trinajstić information content (AvgIpc) is 2.57. The summed E-state index contributed by atoms with van der Waals surface area (Å²) in [7, 11) is 0. The summed E-state index contributed by atoms with van der Waals surface area (Å²) >= 11 is 3.41. The molecule has 0 atom stereocenters. The number of aromatic hydroxyl groups is 1. The second-order valence-corrected chi connectivity index (χ2v) is 4.32. The highest BCUT2D eigenvalue weighted by molar-refractivity contribution is 9.10. The fourth-order valence-corrected chi connectivity index (χ4v) is 2.13. The van der Waals surface area contributed by atoms with Gasteiger partial charge >= 0.3 is 0 Å². The summed E-state index contributed by atoms with van der Waals surface area (Å²) in [5.41, 5.74) is 0.847. The first-order chi connectivity index (χ1) is 7.24. The lowest BCUT2D eigenvalue weighted by Gasteiger charge is -1.98. The molecule has 0 aliphatic rings. The van der Waals surface area contributed by atoms with Crippen molar-refractivity contribution in [2.24, 2.45) is 0 Å². The largest absolute Gasteiger partial charge is 0.508 e. The molecule has 0 bridgehead atoms. The minimum absolute atomic E-state index is 0.279. The molecule has 1 aromatic heterocycles. The van der Waals surface area contributed by atoms with Crippen molar-refractivity contribution in [1.82, 2.24) is 0 Å². The van der Waals surface area contributed by atoms with Crippen molar-refractivity contribution < 1.29 is 9.52 Å². The van der Waals surface area contributed by atoms with Gasteiger partial charge in [-0.2, -0.15) is 0 Å². The summed E-state index contributed by atoms with van der Waals surface area (Å²) in [6.07, 6.45) is 1.67. The van der Waals surface area contributed by atoms with Gasteiger partial charge in [0.2, 0.25) is 0 Å². The molecule has 15 heavy (non-hydrogen) atoms. The van der Waals surface area contributed by atoms with Crippen molar-refractivity contribution in [2.75, 3.05) is 0 Å². The molecular weight excluding hydrogens is 256 g/mol. The minimum Gasteiger partial charge on any atom is -0.508 e. The zero-order valence-electron chi connectivity index (χ0n) is 7.70. The highest BCUT2D eigenvalue weighted by Crippen LogP contribution is 2.31. The lowest BCUT2D eigenvalue weighted by atomic mass is 10.1. The summed E-state index contributed by atoms with van der Waals surface area (Å²) in [6, 6.07) is 9.26. The van der Waals surface area contributed by atoms with Gasteiger partial charge < -0.3 is 9.52 Å². The number of hydrogen-bond donors (Lipinski definition) is 1. The van der Waals surface area contributed by atoms with Crippen LogP contribution in [-0.2, 0) is 0 Å². The molecule has 1 N–H and O–H groups in total. The predicted molar refractivity (Wildman–Crippen MR) is 63.1 cm³/mol. The second-order valence-electron chi connectivity index (χ2n) is 3.46. The van der Waals surface area contributed by atoms with E-state index in [1.54, 1.807) is 18.4 Å². The minimum atomic E-state index is 0.279. The van der Waals surface area contributed by atoms with Gasteiger partial charge in [-0.1, -0.05) is 6.07 Å². The van der Waals surface area contributed by atoms with E-state index in [-0.39, 0.29) is 5.75 Å². The van der Waals surface area contributed by atoms with Gasteiger partial charge in [0.25, 0.3) is 0 Å². The summed E-state index contributed by atoms with van der Waals surface area (Å²) in [4.78, 5) is 0. The van der Waals surface area contributed by atoms with Crippen LogP contribution in [0.4, 0.5) is 0 Å². The highest BCUT2D eigenvalue weighted by Gasteiger charge is 2.05. The zero-order valence-corrected chi connectivity index (χ0v) is 9.28. The van der Waals surface area contributed by atoms with E-state index in [1.807, 2.05) is 18.2 Å². The number of hydrogen-bond acceptors (Lipinski definition) is 2. The van der Waals surface area contributed by atoms with Crippen molar-refractivity contribution in [2.45, 2.75) is 0 Å². The molecule has 0 saturated carbocycles. The Morgan fingerprint density at radius 1 is 1.07 bits per heavy atom. The maximum atomic E-state index is 9.39. The highest BCUT2D eigenvalue weighted by atomic mass is 79.9. The van der Waals surface area contributed by atoms with Crippen LogP contribution < -0.4 is 0 Å². The Hall–Kier alpha value is -1.48. The van der Waals surface area contributed by atoms with E-state index in [2.05, 4.69) is 15.9 Å². The van der Waals surface area contributed by atoms with Gasteiger partial charge in [-0.25, -0.2) is 0 Å². The Balaban J connectivity index is 2.50. The van der Waals surface area contributed by atoms with Crippen LogP contribution in [0, 0.1) is 0 Å². The SMILES string of the molecule is Oc1ccc2cc3occ(Br)c3cc2c1. The Morgan fingerprint density at radius 2 is 1.93 bits per heavy atom. The van der Waals surface area contributed by atoms with E-state index in [1.165, 1.54) is 0 Å². The smallest absolute Gasteiger partial charge is 0.135 e. The molecule has 0 amide bonds. The van der Waals surface area contributed by atoms with Gasteiger partial charge in [-0.3, -0.25) is 0 Å². The molecular formula is C12H7BrO2. The summed E-state index contributed by atoms with van der Waals surface area (Å²) < 4.78 is 6.31. The molecule has 0 spiro atoms. The Morgan fingerprint density at radius 3 is 2.80 bits per heavy atom. The number of fused-ring (bicyclic) bond motifs is 2. The van der Waals surface area contributed by atoms with Crippen LogP contribution in [0.15, 0.2) is 45.5 Å². The van der Waals surface area contributed by atoms with Crippen LogP contribution in [0.5, 0.6) is 5.75 Å². The molecule has 0 aliphatic carbocycles. The third kappa shape index (κ3) is 1.31. The van der Waals surface area contributed by atoms with Gasteiger partial charge in [0, 0.05) is 5.39 Å². The summed E-state index contributed by atoms with van der Waals surface area (Å²) in [6.45, 7) is 0. The van der Waals surface area contributed by atoms with Gasteiger partial charge in [-0.15, -0.1) is 0 Å². The zero-order chi connectivity index (χ0) is 10.4. The molecule has 1 heterocycles. The quantitative estimate of drug-likeness (QED) is 0.663. The molecule has 74 valence electrons. The van der Waals surface area contributed by atoms with Crippen LogP contribution in [0.1, 0.15) is 0 Å². The molecule has 0 radical (unpaired) electrons. The molecule has 0 saturated heterocycles. The predicted octanol–water partition coefficient (Wildman–Crippen LogP) is 4.05. The van der Waals surface area contributed by atoms with Gasteiger partial charge in [0.1, 0.15) is 17.6 Å². The van der Waals surface area contributed by atoms with Crippen LogP contribution in [0.2, 0.25) is 0 Å². The second kappa shape index (κ2) is 3.00. The van der Waals surface area contributed by atoms with Crippen LogP contribution in [0.3, 0.4) is 0 Å². The maximum absolute atomic E-state index is 9.39. The summed E-state index contributed by atoms with van der Waals surface area (Å²) in [5.74, 6) is 0.279. The molecule has 0 fully saturated rings. The normalized spacial score (nSPS) is 11.3. The van der Waals surface area contributed by atoms with E-state index in [0.717, 1.165) is 26.2 Å². The van der Waals surface area contributed by atoms with Crippen molar-refractivity contribution in [3.8, 4) is 5.75 Å². The number of phenolic OH excluding ortho intramolecular Hbond substituents is 1. The standard InChI is InChI=1S/C12H7BrO2/c13-11-6-15-12-5-7-1-2-9(14)3-8(7)4-10(11)12/h1-6,14H. The van der Waals surface area contributed by atoms with E-state index < -0.39 is 0 Å². The first-order valence-corrected chi connectivity index (χ1v) is 5.33. The number of benzene rings is 2. The molecule has 3 aromatic rings. The van der Waals surface area contributed by atoms with E-state index >= 15 is 0 Å². The van der Waals surface area contributed by atoms with Crippen LogP contribution in [0.25, 0.3) is 21.7 Å². The Kier molecular flexibility index (Phi) is 1.76. The van der Waals surface area contributed by atoms with Crippen molar-refractivity contribution >= 4 is 37.7 Å². The lowest BCUT2D eigenvalue weighted by molar-refractivity contribution is 0.476. The summed E-state index contributed by atoms with van der Waals surface area (Å²) in [5, 5.41) is 12.5. The van der Waals surface area contributed by atoms with E-state index in [4.69, 9.17) is 4.42 Å². The number of halogens is 1. The molecule has 0 aliphatic heterocycles. The first-order valence-electron chi connectivity index (χ1n) is 4.53. The fraction of sp³-hybridized carbons (Fsp3) is 0. The molecule has 0 unspecified atom stereocenters. The van der Waals surface area contributed by atoms with Crippen LogP contribution in [-0.4, -0.2) is 5.11 Å². The number of rotatable bonds is 0. The Bertz CT molecular complexity index is 655. The first kappa shape index (κ1) is 8.80. The van der Waals surface area contributed by atoms with Crippen molar-refractivity contribution in [3.63, 3.8) is 0 Å². The molecule has 2 aromatic carbocycles. The third-order valence-electron chi connectivity index (χ3n) is 2.47. The number of phenols is 1. The monoisotopic (exact) mass is 262 g/mol. The Labute approximate surface area is 94.3 Å². The van der Waals surface area contributed by atoms with Crippen molar-refractivity contribution in [1.29, 1.82) is 0 Å². The molecule has 3 heteroatoms. The van der Waals surface area contributed by atoms with Gasteiger partial charge in [-0.05, 0) is 51.0 Å².